The van der Waals surface area contributed by atoms with E-state index in [0.29, 0.717) is 13.2 Å². The minimum atomic E-state index is -0.510. The van der Waals surface area contributed by atoms with Crippen LogP contribution in [-0.4, -0.2) is 13.2 Å². The van der Waals surface area contributed by atoms with Crippen molar-refractivity contribution >= 4 is 27.3 Å². The molecule has 0 bridgehead atoms. The molecule has 1 aromatic heterocycles. The summed E-state index contributed by atoms with van der Waals surface area (Å²) in [5, 5.41) is 11.0. The highest BCUT2D eigenvalue weighted by molar-refractivity contribution is 9.10. The lowest BCUT2D eigenvalue weighted by molar-refractivity contribution is -0.0905. The molecule has 74 valence electrons. The molecule has 0 saturated carbocycles. The Labute approximate surface area is 94.6 Å². The van der Waals surface area contributed by atoms with E-state index in [1.807, 2.05) is 11.4 Å². The van der Waals surface area contributed by atoms with Crippen molar-refractivity contribution in [2.75, 3.05) is 13.2 Å². The Hall–Kier alpha value is -0.410. The maximum atomic E-state index is 9.06. The fraction of sp³-hybridized carbons (Fsp3) is 0.444. The zero-order valence-corrected chi connectivity index (χ0v) is 9.77. The van der Waals surface area contributed by atoms with Gasteiger partial charge in [-0.15, -0.1) is 11.3 Å². The van der Waals surface area contributed by atoms with E-state index in [-0.39, 0.29) is 6.04 Å². The number of nitrogens with zero attached hydrogens (tertiary/aromatic N) is 1. The van der Waals surface area contributed by atoms with Crippen LogP contribution in [0.5, 0.6) is 0 Å². The second kappa shape index (κ2) is 3.63. The van der Waals surface area contributed by atoms with Crippen LogP contribution in [0.25, 0.3) is 0 Å². The highest BCUT2D eigenvalue weighted by Gasteiger charge is 2.45. The van der Waals surface area contributed by atoms with Crippen LogP contribution in [0, 0.1) is 16.7 Å². The fourth-order valence-electron chi connectivity index (χ4n) is 1.40. The van der Waals surface area contributed by atoms with Gasteiger partial charge in [-0.05, 0) is 22.0 Å². The summed E-state index contributed by atoms with van der Waals surface area (Å²) in [4.78, 5) is 1.03. The van der Waals surface area contributed by atoms with E-state index >= 15 is 0 Å². The topological polar surface area (TPSA) is 59.0 Å². The van der Waals surface area contributed by atoms with Crippen molar-refractivity contribution in [3.63, 3.8) is 0 Å². The van der Waals surface area contributed by atoms with Crippen LogP contribution in [0.2, 0.25) is 0 Å². The van der Waals surface area contributed by atoms with Crippen LogP contribution in [0.3, 0.4) is 0 Å². The minimum Gasteiger partial charge on any atom is -0.378 e. The van der Waals surface area contributed by atoms with Gasteiger partial charge in [0.1, 0.15) is 5.41 Å². The summed E-state index contributed by atoms with van der Waals surface area (Å²) in [6.45, 7) is 0.889. The van der Waals surface area contributed by atoms with E-state index < -0.39 is 5.41 Å². The molecule has 1 saturated heterocycles. The molecule has 1 atom stereocenters. The molecule has 2 heterocycles. The van der Waals surface area contributed by atoms with Crippen molar-refractivity contribution in [2.45, 2.75) is 6.04 Å². The van der Waals surface area contributed by atoms with Gasteiger partial charge >= 0.3 is 0 Å². The summed E-state index contributed by atoms with van der Waals surface area (Å²) in [7, 11) is 0. The summed E-state index contributed by atoms with van der Waals surface area (Å²) in [6.07, 6.45) is 0. The molecule has 0 spiro atoms. The monoisotopic (exact) mass is 272 g/mol. The quantitative estimate of drug-likeness (QED) is 0.897. The third kappa shape index (κ3) is 1.48. The highest BCUT2D eigenvalue weighted by Crippen LogP contribution is 2.40. The van der Waals surface area contributed by atoms with Crippen molar-refractivity contribution < 1.29 is 4.74 Å². The SMILES string of the molecule is N#CC1(C(N)c2cc(Br)cs2)COC1. The molecule has 1 aliphatic heterocycles. The summed E-state index contributed by atoms with van der Waals surface area (Å²) in [5.41, 5.74) is 5.54. The lowest BCUT2D eigenvalue weighted by Crippen LogP contribution is -2.49. The predicted molar refractivity (Wildman–Crippen MR) is 57.8 cm³/mol. The minimum absolute atomic E-state index is 0.238. The van der Waals surface area contributed by atoms with Crippen molar-refractivity contribution in [1.29, 1.82) is 5.26 Å². The van der Waals surface area contributed by atoms with Gasteiger partial charge in [-0.1, -0.05) is 0 Å². The lowest BCUT2D eigenvalue weighted by Gasteiger charge is -2.39. The van der Waals surface area contributed by atoms with Gasteiger partial charge in [-0.2, -0.15) is 5.26 Å². The highest BCUT2D eigenvalue weighted by atomic mass is 79.9. The predicted octanol–water partition coefficient (Wildman–Crippen LogP) is 2.05. The van der Waals surface area contributed by atoms with E-state index in [1.54, 1.807) is 11.3 Å². The second-order valence-corrected chi connectivity index (χ2v) is 5.26. The number of thiophene rings is 1. The van der Waals surface area contributed by atoms with E-state index in [2.05, 4.69) is 22.0 Å². The van der Waals surface area contributed by atoms with E-state index in [1.165, 1.54) is 0 Å². The standard InChI is InChI=1S/C9H9BrN2OS/c10-6-1-7(14-2-6)8(12)9(3-11)4-13-5-9/h1-2,8H,4-5,12H2. The molecule has 14 heavy (non-hydrogen) atoms. The molecule has 0 aromatic carbocycles. The Morgan fingerprint density at radius 2 is 2.43 bits per heavy atom. The van der Waals surface area contributed by atoms with Gasteiger partial charge in [0.2, 0.25) is 0 Å². The number of hydrogen-bond acceptors (Lipinski definition) is 4. The van der Waals surface area contributed by atoms with Gasteiger partial charge in [0.05, 0.1) is 25.3 Å². The third-order valence-corrected chi connectivity index (χ3v) is 4.21. The number of nitrogens with two attached hydrogens (primary N) is 1. The van der Waals surface area contributed by atoms with E-state index in [0.717, 1.165) is 9.35 Å². The van der Waals surface area contributed by atoms with Crippen molar-refractivity contribution in [3.05, 3.63) is 20.8 Å². The van der Waals surface area contributed by atoms with Crippen LogP contribution in [0.1, 0.15) is 10.9 Å². The van der Waals surface area contributed by atoms with E-state index in [4.69, 9.17) is 15.7 Å². The Morgan fingerprint density at radius 3 is 2.79 bits per heavy atom. The van der Waals surface area contributed by atoms with Crippen molar-refractivity contribution in [1.82, 2.24) is 0 Å². The average Bonchev–Trinajstić information content (AvgIpc) is 2.50. The zero-order chi connectivity index (χ0) is 10.2. The van der Waals surface area contributed by atoms with Gasteiger partial charge in [-0.3, -0.25) is 0 Å². The first-order valence-corrected chi connectivity index (χ1v) is 5.84. The van der Waals surface area contributed by atoms with Crippen molar-refractivity contribution in [2.24, 2.45) is 11.1 Å². The normalized spacial score (nSPS) is 20.9. The first kappa shape index (κ1) is 10.1. The second-order valence-electron chi connectivity index (χ2n) is 3.41. The number of rotatable bonds is 2. The Balaban J connectivity index is 2.23. The third-order valence-electron chi connectivity index (χ3n) is 2.43. The largest absolute Gasteiger partial charge is 0.378 e. The number of nitriles is 1. The molecule has 2 N–H and O–H groups in total. The molecule has 0 aliphatic carbocycles. The van der Waals surface area contributed by atoms with Crippen LogP contribution < -0.4 is 5.73 Å². The maximum absolute atomic E-state index is 9.06. The first-order chi connectivity index (χ1) is 6.68. The lowest BCUT2D eigenvalue weighted by atomic mass is 9.79. The average molecular weight is 273 g/mol. The molecule has 1 fully saturated rings. The maximum Gasteiger partial charge on any atom is 0.124 e. The van der Waals surface area contributed by atoms with Crippen LogP contribution in [0.4, 0.5) is 0 Å². The zero-order valence-electron chi connectivity index (χ0n) is 7.37. The van der Waals surface area contributed by atoms with Gasteiger partial charge in [0, 0.05) is 14.7 Å². The molecule has 0 radical (unpaired) electrons. The van der Waals surface area contributed by atoms with Crippen LogP contribution in [-0.2, 0) is 4.74 Å². The summed E-state index contributed by atoms with van der Waals surface area (Å²) in [6, 6.07) is 3.99. The number of halogens is 1. The van der Waals surface area contributed by atoms with Gasteiger partial charge in [0.25, 0.3) is 0 Å². The van der Waals surface area contributed by atoms with E-state index in [9.17, 15) is 0 Å². The fourth-order valence-corrected chi connectivity index (χ4v) is 2.96. The molecule has 0 amide bonds. The Bertz CT molecular complexity index is 380. The molecular formula is C9H9BrN2OS. The number of hydrogen-bond donors (Lipinski definition) is 1. The smallest absolute Gasteiger partial charge is 0.124 e. The van der Waals surface area contributed by atoms with Gasteiger partial charge in [-0.25, -0.2) is 0 Å². The number of ether oxygens (including phenoxy) is 1. The van der Waals surface area contributed by atoms with Gasteiger partial charge in [0.15, 0.2) is 0 Å². The Kier molecular flexibility index (Phi) is 2.62. The Morgan fingerprint density at radius 1 is 1.71 bits per heavy atom. The molecule has 1 unspecified atom stereocenters. The first-order valence-electron chi connectivity index (χ1n) is 4.16. The summed E-state index contributed by atoms with van der Waals surface area (Å²) >= 11 is 4.94. The molecular weight excluding hydrogens is 264 g/mol. The summed E-state index contributed by atoms with van der Waals surface area (Å²) < 4.78 is 6.08. The molecule has 5 heteroatoms. The molecule has 2 rings (SSSR count). The van der Waals surface area contributed by atoms with Crippen LogP contribution >= 0.6 is 27.3 Å². The summed E-state index contributed by atoms with van der Waals surface area (Å²) in [5.74, 6) is 0. The van der Waals surface area contributed by atoms with Crippen LogP contribution in [0.15, 0.2) is 15.9 Å². The molecule has 1 aliphatic rings. The van der Waals surface area contributed by atoms with Crippen molar-refractivity contribution in [3.8, 4) is 6.07 Å². The molecule has 3 nitrogen and oxygen atoms in total. The molecule has 1 aromatic rings. The van der Waals surface area contributed by atoms with Gasteiger partial charge < -0.3 is 10.5 Å².